The van der Waals surface area contributed by atoms with Crippen LogP contribution in [0.4, 0.5) is 0 Å². The number of nitrogens with two attached hydrogens (primary N) is 1. The largest absolute Gasteiger partial charge is 0.351 e. The monoisotopic (exact) mass is 307 g/mol. The Morgan fingerprint density at radius 2 is 1.62 bits per heavy atom. The van der Waals surface area contributed by atoms with Gasteiger partial charge in [-0.05, 0) is 42.7 Å². The van der Waals surface area contributed by atoms with Crippen LogP contribution < -0.4 is 5.73 Å². The van der Waals surface area contributed by atoms with Gasteiger partial charge in [-0.2, -0.15) is 0 Å². The summed E-state index contributed by atoms with van der Waals surface area (Å²) in [5.74, 6) is -0.789. The molecule has 5 heteroatoms. The second kappa shape index (κ2) is 6.71. The summed E-state index contributed by atoms with van der Waals surface area (Å²) in [5, 5.41) is 2.09. The van der Waals surface area contributed by atoms with Gasteiger partial charge in [-0.15, -0.1) is 0 Å². The van der Waals surface area contributed by atoms with Gasteiger partial charge in [0.05, 0.1) is 13.2 Å². The summed E-state index contributed by atoms with van der Waals surface area (Å²) in [7, 11) is -3.37. The SMILES string of the molecule is CCOP(=O)(OCC)[C@@H](N)c1ccc(C)c2ccccc12. The van der Waals surface area contributed by atoms with Crippen molar-refractivity contribution in [2.75, 3.05) is 13.2 Å². The highest BCUT2D eigenvalue weighted by atomic mass is 31.2. The molecule has 21 heavy (non-hydrogen) atoms. The van der Waals surface area contributed by atoms with E-state index in [2.05, 4.69) is 0 Å². The summed E-state index contributed by atoms with van der Waals surface area (Å²) in [5.41, 5.74) is 8.20. The fourth-order valence-corrected chi connectivity index (χ4v) is 4.14. The van der Waals surface area contributed by atoms with E-state index in [0.29, 0.717) is 13.2 Å². The Kier molecular flexibility index (Phi) is 5.17. The van der Waals surface area contributed by atoms with Crippen molar-refractivity contribution in [1.29, 1.82) is 0 Å². The van der Waals surface area contributed by atoms with Crippen molar-refractivity contribution in [1.82, 2.24) is 0 Å². The highest BCUT2D eigenvalue weighted by Crippen LogP contribution is 2.59. The van der Waals surface area contributed by atoms with Crippen LogP contribution >= 0.6 is 7.60 Å². The van der Waals surface area contributed by atoms with Crippen molar-refractivity contribution in [2.24, 2.45) is 5.73 Å². The van der Waals surface area contributed by atoms with Crippen molar-refractivity contribution >= 4 is 18.4 Å². The lowest BCUT2D eigenvalue weighted by molar-refractivity contribution is 0.212. The van der Waals surface area contributed by atoms with Gasteiger partial charge in [0.1, 0.15) is 5.78 Å². The maximum absolute atomic E-state index is 12.9. The van der Waals surface area contributed by atoms with E-state index in [-0.39, 0.29) is 0 Å². The highest BCUT2D eigenvalue weighted by molar-refractivity contribution is 7.54. The molecule has 2 aromatic carbocycles. The van der Waals surface area contributed by atoms with Crippen molar-refractivity contribution in [3.8, 4) is 0 Å². The molecule has 114 valence electrons. The summed E-state index contributed by atoms with van der Waals surface area (Å²) >= 11 is 0. The van der Waals surface area contributed by atoms with E-state index in [9.17, 15) is 4.57 Å². The van der Waals surface area contributed by atoms with E-state index in [1.54, 1.807) is 13.8 Å². The predicted octanol–water partition coefficient (Wildman–Crippen LogP) is 4.37. The van der Waals surface area contributed by atoms with Crippen molar-refractivity contribution in [3.05, 3.63) is 47.5 Å². The van der Waals surface area contributed by atoms with E-state index in [1.807, 2.05) is 43.3 Å². The average molecular weight is 307 g/mol. The number of rotatable bonds is 6. The van der Waals surface area contributed by atoms with Crippen molar-refractivity contribution in [2.45, 2.75) is 26.6 Å². The minimum atomic E-state index is -3.37. The van der Waals surface area contributed by atoms with E-state index >= 15 is 0 Å². The molecule has 0 heterocycles. The fraction of sp³-hybridized carbons (Fsp3) is 0.375. The molecule has 2 aromatic rings. The first-order valence-corrected chi connectivity index (χ1v) is 8.77. The third-order valence-corrected chi connectivity index (χ3v) is 5.65. The third kappa shape index (κ3) is 3.19. The molecule has 2 N–H and O–H groups in total. The molecule has 0 radical (unpaired) electrons. The second-order valence-corrected chi connectivity index (χ2v) is 6.99. The van der Waals surface area contributed by atoms with Crippen LogP contribution in [-0.2, 0) is 13.6 Å². The average Bonchev–Trinajstić information content (AvgIpc) is 2.48. The van der Waals surface area contributed by atoms with Crippen LogP contribution in [-0.4, -0.2) is 13.2 Å². The Morgan fingerprint density at radius 3 is 2.19 bits per heavy atom. The number of fused-ring (bicyclic) bond motifs is 1. The molecular formula is C16H22NO3P. The number of aryl methyl sites for hydroxylation is 1. The molecule has 0 amide bonds. The number of hydrogen-bond donors (Lipinski definition) is 1. The lowest BCUT2D eigenvalue weighted by atomic mass is 10.0. The van der Waals surface area contributed by atoms with Gasteiger partial charge in [-0.3, -0.25) is 4.57 Å². The van der Waals surface area contributed by atoms with Gasteiger partial charge in [-0.25, -0.2) is 0 Å². The maximum Gasteiger partial charge on any atom is 0.351 e. The topological polar surface area (TPSA) is 61.5 Å². The summed E-state index contributed by atoms with van der Waals surface area (Å²) in [6.07, 6.45) is 0. The standard InChI is InChI=1S/C16H22NO3P/c1-4-19-21(18,20-5-2)16(17)15-11-10-12(3)13-8-6-7-9-14(13)15/h6-11,16H,4-5,17H2,1-3H3/t16-/m1/s1. The molecule has 4 nitrogen and oxygen atoms in total. The van der Waals surface area contributed by atoms with Gasteiger partial charge < -0.3 is 14.8 Å². The van der Waals surface area contributed by atoms with Gasteiger partial charge in [0.25, 0.3) is 0 Å². The first-order valence-electron chi connectivity index (χ1n) is 7.16. The number of hydrogen-bond acceptors (Lipinski definition) is 4. The van der Waals surface area contributed by atoms with Crippen LogP contribution in [0, 0.1) is 6.92 Å². The van der Waals surface area contributed by atoms with Gasteiger partial charge in [0, 0.05) is 0 Å². The second-order valence-electron chi connectivity index (χ2n) is 4.84. The molecule has 0 aliphatic carbocycles. The van der Waals surface area contributed by atoms with Gasteiger partial charge in [0.2, 0.25) is 0 Å². The number of benzene rings is 2. The molecule has 0 aromatic heterocycles. The molecule has 0 bridgehead atoms. The molecule has 1 atom stereocenters. The Hall–Kier alpha value is -1.19. The molecule has 2 rings (SSSR count). The highest BCUT2D eigenvalue weighted by Gasteiger charge is 2.34. The maximum atomic E-state index is 12.9. The Balaban J connectivity index is 2.55. The first-order chi connectivity index (χ1) is 10.0. The quantitative estimate of drug-likeness (QED) is 0.805. The molecule has 0 saturated carbocycles. The zero-order valence-corrected chi connectivity index (χ0v) is 13.6. The summed E-state index contributed by atoms with van der Waals surface area (Å²) < 4.78 is 23.6. The smallest absolute Gasteiger partial charge is 0.314 e. The van der Waals surface area contributed by atoms with Crippen molar-refractivity contribution in [3.63, 3.8) is 0 Å². The fourth-order valence-electron chi connectivity index (χ4n) is 2.46. The molecule has 0 spiro atoms. The van der Waals surface area contributed by atoms with Gasteiger partial charge >= 0.3 is 7.60 Å². The lowest BCUT2D eigenvalue weighted by Crippen LogP contribution is -2.15. The van der Waals surface area contributed by atoms with Crippen LogP contribution in [0.1, 0.15) is 30.8 Å². The Labute approximate surface area is 125 Å². The van der Waals surface area contributed by atoms with Crippen LogP contribution in [0.25, 0.3) is 10.8 Å². The minimum Gasteiger partial charge on any atom is -0.314 e. The molecule has 0 aliphatic rings. The summed E-state index contributed by atoms with van der Waals surface area (Å²) in [4.78, 5) is 0. The predicted molar refractivity (Wildman–Crippen MR) is 86.5 cm³/mol. The van der Waals surface area contributed by atoms with E-state index in [1.165, 1.54) is 0 Å². The molecular weight excluding hydrogens is 285 g/mol. The molecule has 0 saturated heterocycles. The summed E-state index contributed by atoms with van der Waals surface area (Å²) in [6, 6.07) is 11.8. The van der Waals surface area contributed by atoms with E-state index in [0.717, 1.165) is 21.9 Å². The molecule has 0 aliphatic heterocycles. The molecule has 0 unspecified atom stereocenters. The Bertz CT molecular complexity index is 662. The third-order valence-electron chi connectivity index (χ3n) is 3.45. The normalized spacial score (nSPS) is 13.5. The zero-order chi connectivity index (χ0) is 15.5. The summed E-state index contributed by atoms with van der Waals surface area (Å²) in [6.45, 7) is 6.21. The van der Waals surface area contributed by atoms with Crippen LogP contribution in [0.3, 0.4) is 0 Å². The van der Waals surface area contributed by atoms with Crippen LogP contribution in [0.2, 0.25) is 0 Å². The zero-order valence-electron chi connectivity index (χ0n) is 12.7. The van der Waals surface area contributed by atoms with Crippen LogP contribution in [0.5, 0.6) is 0 Å². The Morgan fingerprint density at radius 1 is 1.05 bits per heavy atom. The van der Waals surface area contributed by atoms with E-state index < -0.39 is 13.4 Å². The van der Waals surface area contributed by atoms with Gasteiger partial charge in [0.15, 0.2) is 0 Å². The van der Waals surface area contributed by atoms with Crippen molar-refractivity contribution < 1.29 is 13.6 Å². The van der Waals surface area contributed by atoms with Crippen LogP contribution in [0.15, 0.2) is 36.4 Å². The van der Waals surface area contributed by atoms with E-state index in [4.69, 9.17) is 14.8 Å². The minimum absolute atomic E-state index is 0.300. The molecule has 0 fully saturated rings. The van der Waals surface area contributed by atoms with Gasteiger partial charge in [-0.1, -0.05) is 36.4 Å². The lowest BCUT2D eigenvalue weighted by Gasteiger charge is -2.24. The first kappa shape index (κ1) is 16.2.